The molecule has 5 rings (SSSR count). The Morgan fingerprint density at radius 2 is 1.97 bits per heavy atom. The van der Waals surface area contributed by atoms with E-state index in [1.807, 2.05) is 36.4 Å². The Morgan fingerprint density at radius 3 is 2.81 bits per heavy atom. The quantitative estimate of drug-likeness (QED) is 0.497. The third-order valence-electron chi connectivity index (χ3n) is 5.22. The van der Waals surface area contributed by atoms with E-state index in [4.69, 9.17) is 9.15 Å². The number of aromatic nitrogens is 3. The van der Waals surface area contributed by atoms with E-state index in [1.54, 1.807) is 18.5 Å². The van der Waals surface area contributed by atoms with Gasteiger partial charge in [-0.25, -0.2) is 14.8 Å². The number of hydrogen-bond acceptors (Lipinski definition) is 8. The van der Waals surface area contributed by atoms with Crippen LogP contribution in [0.4, 0.5) is 11.5 Å². The molecule has 0 saturated carbocycles. The van der Waals surface area contributed by atoms with Crippen molar-refractivity contribution in [3.05, 3.63) is 77.2 Å². The zero-order chi connectivity index (χ0) is 21.0. The van der Waals surface area contributed by atoms with Crippen LogP contribution in [0.15, 0.2) is 70.4 Å². The highest BCUT2D eigenvalue weighted by atomic mass is 16.5. The van der Waals surface area contributed by atoms with Crippen LogP contribution in [0.3, 0.4) is 0 Å². The second-order valence-corrected chi connectivity index (χ2v) is 7.35. The number of pyridine rings is 1. The SMILES string of the molecule is O=c1cc(CN2CCOCC2)c2ccc(Nc3cc(-c4cccnc4)ncn3)cc2o1. The molecule has 0 atom stereocenters. The van der Waals surface area contributed by atoms with E-state index < -0.39 is 0 Å². The van der Waals surface area contributed by atoms with Gasteiger partial charge >= 0.3 is 5.63 Å². The molecule has 4 heterocycles. The summed E-state index contributed by atoms with van der Waals surface area (Å²) in [6.07, 6.45) is 4.99. The van der Waals surface area contributed by atoms with Gasteiger partial charge in [0.1, 0.15) is 17.7 Å². The van der Waals surface area contributed by atoms with Crippen LogP contribution >= 0.6 is 0 Å². The van der Waals surface area contributed by atoms with Gasteiger partial charge in [0.05, 0.1) is 18.9 Å². The van der Waals surface area contributed by atoms with Crippen LogP contribution in [0.25, 0.3) is 22.2 Å². The fraction of sp³-hybridized carbons (Fsp3) is 0.217. The number of ether oxygens (including phenoxy) is 1. The molecular weight excluding hydrogens is 394 g/mol. The summed E-state index contributed by atoms with van der Waals surface area (Å²) in [5.74, 6) is 0.639. The highest BCUT2D eigenvalue weighted by Crippen LogP contribution is 2.25. The number of fused-ring (bicyclic) bond motifs is 1. The Morgan fingerprint density at radius 1 is 1.06 bits per heavy atom. The number of nitrogens with zero attached hydrogens (tertiary/aromatic N) is 4. The minimum atomic E-state index is -0.353. The zero-order valence-corrected chi connectivity index (χ0v) is 16.8. The average Bonchev–Trinajstić information content (AvgIpc) is 2.80. The van der Waals surface area contributed by atoms with Crippen molar-refractivity contribution in [1.82, 2.24) is 19.9 Å². The fourth-order valence-electron chi connectivity index (χ4n) is 3.68. The molecule has 3 aromatic heterocycles. The Bertz CT molecular complexity index is 1250. The van der Waals surface area contributed by atoms with Crippen molar-refractivity contribution in [3.8, 4) is 11.3 Å². The first-order valence-corrected chi connectivity index (χ1v) is 10.1. The second kappa shape index (κ2) is 8.63. The summed E-state index contributed by atoms with van der Waals surface area (Å²) >= 11 is 0. The smallest absolute Gasteiger partial charge is 0.336 e. The van der Waals surface area contributed by atoms with Crippen LogP contribution in [0.1, 0.15) is 5.56 Å². The number of morpholine rings is 1. The number of rotatable bonds is 5. The number of nitrogens with one attached hydrogen (secondary N) is 1. The molecule has 0 bridgehead atoms. The minimum Gasteiger partial charge on any atom is -0.423 e. The third kappa shape index (κ3) is 4.45. The molecule has 0 spiro atoms. The van der Waals surface area contributed by atoms with E-state index in [0.29, 0.717) is 31.2 Å². The minimum absolute atomic E-state index is 0.353. The molecule has 0 radical (unpaired) electrons. The molecular formula is C23H21N5O3. The Balaban J connectivity index is 1.42. The molecule has 1 N–H and O–H groups in total. The van der Waals surface area contributed by atoms with Crippen molar-refractivity contribution < 1.29 is 9.15 Å². The van der Waals surface area contributed by atoms with Crippen molar-refractivity contribution in [1.29, 1.82) is 0 Å². The van der Waals surface area contributed by atoms with Gasteiger partial charge in [-0.3, -0.25) is 9.88 Å². The first-order valence-electron chi connectivity index (χ1n) is 10.1. The third-order valence-corrected chi connectivity index (χ3v) is 5.22. The molecule has 0 amide bonds. The zero-order valence-electron chi connectivity index (χ0n) is 16.8. The van der Waals surface area contributed by atoms with Crippen LogP contribution in [-0.2, 0) is 11.3 Å². The lowest BCUT2D eigenvalue weighted by Gasteiger charge is -2.26. The van der Waals surface area contributed by atoms with Gasteiger partial charge in [-0.15, -0.1) is 0 Å². The molecule has 31 heavy (non-hydrogen) atoms. The van der Waals surface area contributed by atoms with Crippen LogP contribution < -0.4 is 10.9 Å². The van der Waals surface area contributed by atoms with Gasteiger partial charge < -0.3 is 14.5 Å². The summed E-state index contributed by atoms with van der Waals surface area (Å²) in [7, 11) is 0. The second-order valence-electron chi connectivity index (χ2n) is 7.35. The van der Waals surface area contributed by atoms with E-state index in [-0.39, 0.29) is 5.63 Å². The Kier molecular flexibility index (Phi) is 5.39. The van der Waals surface area contributed by atoms with E-state index >= 15 is 0 Å². The van der Waals surface area contributed by atoms with Crippen LogP contribution in [-0.4, -0.2) is 46.2 Å². The number of hydrogen-bond donors (Lipinski definition) is 1. The maximum absolute atomic E-state index is 12.2. The topological polar surface area (TPSA) is 93.4 Å². The van der Waals surface area contributed by atoms with Gasteiger partial charge in [-0.05, 0) is 29.8 Å². The van der Waals surface area contributed by atoms with E-state index in [0.717, 1.165) is 41.0 Å². The van der Waals surface area contributed by atoms with Crippen LogP contribution in [0.2, 0.25) is 0 Å². The van der Waals surface area contributed by atoms with Crippen molar-refractivity contribution in [2.45, 2.75) is 6.54 Å². The van der Waals surface area contributed by atoms with Gasteiger partial charge in [0.25, 0.3) is 0 Å². The molecule has 1 aromatic carbocycles. The standard InChI is InChI=1S/C23H21N5O3/c29-23-10-17(14-28-6-8-30-9-7-28)19-4-3-18(11-21(19)31-23)27-22-12-20(25-15-26-22)16-2-1-5-24-13-16/h1-5,10-13,15H,6-9,14H2,(H,25,26,27). The van der Waals surface area contributed by atoms with Crippen molar-refractivity contribution in [2.75, 3.05) is 31.6 Å². The summed E-state index contributed by atoms with van der Waals surface area (Å²) in [5.41, 5.74) is 3.60. The van der Waals surface area contributed by atoms with Gasteiger partial charge in [0.15, 0.2) is 0 Å². The van der Waals surface area contributed by atoms with Crippen molar-refractivity contribution in [2.24, 2.45) is 0 Å². The van der Waals surface area contributed by atoms with Crippen molar-refractivity contribution >= 4 is 22.5 Å². The molecule has 1 aliphatic heterocycles. The molecule has 8 nitrogen and oxygen atoms in total. The number of benzene rings is 1. The predicted molar refractivity (Wildman–Crippen MR) is 117 cm³/mol. The summed E-state index contributed by atoms with van der Waals surface area (Å²) in [4.78, 5) is 27.2. The van der Waals surface area contributed by atoms with E-state index in [1.165, 1.54) is 6.33 Å². The van der Waals surface area contributed by atoms with Gasteiger partial charge in [0, 0.05) is 66.9 Å². The summed E-state index contributed by atoms with van der Waals surface area (Å²) in [6, 6.07) is 13.0. The lowest BCUT2D eigenvalue weighted by Crippen LogP contribution is -2.35. The normalized spacial score (nSPS) is 14.6. The fourth-order valence-corrected chi connectivity index (χ4v) is 3.68. The number of anilines is 2. The van der Waals surface area contributed by atoms with Gasteiger partial charge in [-0.2, -0.15) is 0 Å². The van der Waals surface area contributed by atoms with E-state index in [9.17, 15) is 4.79 Å². The summed E-state index contributed by atoms with van der Waals surface area (Å²) < 4.78 is 10.9. The highest BCUT2D eigenvalue weighted by molar-refractivity contribution is 5.84. The van der Waals surface area contributed by atoms with Crippen LogP contribution in [0, 0.1) is 0 Å². The molecule has 4 aromatic rings. The van der Waals surface area contributed by atoms with E-state index in [2.05, 4.69) is 25.2 Å². The summed E-state index contributed by atoms with van der Waals surface area (Å²) in [6.45, 7) is 3.84. The lowest BCUT2D eigenvalue weighted by molar-refractivity contribution is 0.0343. The molecule has 0 aliphatic carbocycles. The molecule has 8 heteroatoms. The first-order chi connectivity index (χ1) is 15.2. The molecule has 1 fully saturated rings. The molecule has 156 valence electrons. The average molecular weight is 415 g/mol. The van der Waals surface area contributed by atoms with Crippen LogP contribution in [0.5, 0.6) is 0 Å². The molecule has 0 unspecified atom stereocenters. The van der Waals surface area contributed by atoms with Gasteiger partial charge in [-0.1, -0.05) is 0 Å². The Labute approximate surface area is 178 Å². The maximum atomic E-state index is 12.2. The summed E-state index contributed by atoms with van der Waals surface area (Å²) in [5, 5.41) is 4.19. The van der Waals surface area contributed by atoms with Crippen molar-refractivity contribution in [3.63, 3.8) is 0 Å². The Hall–Kier alpha value is -3.62. The largest absolute Gasteiger partial charge is 0.423 e. The maximum Gasteiger partial charge on any atom is 0.336 e. The lowest BCUT2D eigenvalue weighted by atomic mass is 10.1. The van der Waals surface area contributed by atoms with Gasteiger partial charge in [0.2, 0.25) is 0 Å². The molecule has 1 aliphatic rings. The highest BCUT2D eigenvalue weighted by Gasteiger charge is 2.14. The molecule has 1 saturated heterocycles. The monoisotopic (exact) mass is 415 g/mol. The first kappa shape index (κ1) is 19.3. The predicted octanol–water partition coefficient (Wildman–Crippen LogP) is 3.22.